The van der Waals surface area contributed by atoms with E-state index in [0.717, 1.165) is 25.1 Å². The molecule has 1 aliphatic rings. The molecule has 0 bridgehead atoms. The van der Waals surface area contributed by atoms with Gasteiger partial charge in [-0.1, -0.05) is 12.1 Å². The first-order valence-corrected chi connectivity index (χ1v) is 7.53. The first-order chi connectivity index (χ1) is 10.0. The second-order valence-electron chi connectivity index (χ2n) is 5.87. The number of nitrogens with one attached hydrogen (secondary N) is 1. The van der Waals surface area contributed by atoms with E-state index >= 15 is 0 Å². The SMILES string of the molecule is CC(N)C1CCN(CC(=O)NCCc2ccc(F)cc2)C1. The lowest BCUT2D eigenvalue weighted by Gasteiger charge is -2.17. The van der Waals surface area contributed by atoms with E-state index in [2.05, 4.69) is 10.2 Å². The fourth-order valence-electron chi connectivity index (χ4n) is 2.69. The van der Waals surface area contributed by atoms with Crippen molar-refractivity contribution in [2.75, 3.05) is 26.2 Å². The first kappa shape index (κ1) is 15.9. The molecule has 116 valence electrons. The summed E-state index contributed by atoms with van der Waals surface area (Å²) in [4.78, 5) is 14.0. The quantitative estimate of drug-likeness (QED) is 0.827. The van der Waals surface area contributed by atoms with Crippen LogP contribution in [0.2, 0.25) is 0 Å². The van der Waals surface area contributed by atoms with E-state index in [4.69, 9.17) is 5.73 Å². The summed E-state index contributed by atoms with van der Waals surface area (Å²) >= 11 is 0. The number of nitrogens with two attached hydrogens (primary N) is 1. The molecule has 21 heavy (non-hydrogen) atoms. The van der Waals surface area contributed by atoms with Crippen molar-refractivity contribution in [2.45, 2.75) is 25.8 Å². The molecule has 1 saturated heterocycles. The van der Waals surface area contributed by atoms with Crippen LogP contribution in [-0.2, 0) is 11.2 Å². The standard InChI is InChI=1S/C16H24FN3O/c1-12(18)14-7-9-20(10-14)11-16(21)19-8-6-13-2-4-15(17)5-3-13/h2-5,12,14H,6-11,18H2,1H3,(H,19,21). The van der Waals surface area contributed by atoms with E-state index < -0.39 is 0 Å². The molecule has 0 radical (unpaired) electrons. The zero-order valence-electron chi connectivity index (χ0n) is 12.5. The Morgan fingerprint density at radius 1 is 1.48 bits per heavy atom. The van der Waals surface area contributed by atoms with Gasteiger partial charge in [-0.25, -0.2) is 4.39 Å². The maximum atomic E-state index is 12.8. The summed E-state index contributed by atoms with van der Waals surface area (Å²) in [5, 5.41) is 2.91. The van der Waals surface area contributed by atoms with Gasteiger partial charge < -0.3 is 11.1 Å². The third-order valence-electron chi connectivity index (χ3n) is 4.07. The van der Waals surface area contributed by atoms with Crippen molar-refractivity contribution < 1.29 is 9.18 Å². The van der Waals surface area contributed by atoms with Gasteiger partial charge in [0.05, 0.1) is 6.54 Å². The third kappa shape index (κ3) is 5.10. The van der Waals surface area contributed by atoms with Gasteiger partial charge in [0, 0.05) is 19.1 Å². The molecular weight excluding hydrogens is 269 g/mol. The van der Waals surface area contributed by atoms with E-state index in [-0.39, 0.29) is 17.8 Å². The highest BCUT2D eigenvalue weighted by atomic mass is 19.1. The minimum atomic E-state index is -0.236. The molecule has 1 amide bonds. The summed E-state index contributed by atoms with van der Waals surface area (Å²) in [6.07, 6.45) is 1.79. The zero-order chi connectivity index (χ0) is 15.2. The highest BCUT2D eigenvalue weighted by Gasteiger charge is 2.26. The Labute approximate surface area is 125 Å². The molecule has 4 nitrogen and oxygen atoms in total. The molecular formula is C16H24FN3O. The van der Waals surface area contributed by atoms with Gasteiger partial charge in [-0.3, -0.25) is 9.69 Å². The summed E-state index contributed by atoms with van der Waals surface area (Å²) < 4.78 is 12.8. The average Bonchev–Trinajstić information content (AvgIpc) is 2.90. The van der Waals surface area contributed by atoms with Crippen LogP contribution in [0.15, 0.2) is 24.3 Å². The van der Waals surface area contributed by atoms with Gasteiger partial charge in [-0.15, -0.1) is 0 Å². The number of rotatable bonds is 6. The first-order valence-electron chi connectivity index (χ1n) is 7.53. The number of hydrogen-bond donors (Lipinski definition) is 2. The molecule has 2 atom stereocenters. The lowest BCUT2D eigenvalue weighted by molar-refractivity contribution is -0.122. The minimum absolute atomic E-state index is 0.0439. The Balaban J connectivity index is 1.65. The van der Waals surface area contributed by atoms with E-state index in [9.17, 15) is 9.18 Å². The van der Waals surface area contributed by atoms with Crippen LogP contribution in [0.1, 0.15) is 18.9 Å². The second-order valence-corrected chi connectivity index (χ2v) is 5.87. The fourth-order valence-corrected chi connectivity index (χ4v) is 2.69. The van der Waals surface area contributed by atoms with Gasteiger partial charge in [0.1, 0.15) is 5.82 Å². The topological polar surface area (TPSA) is 58.4 Å². The van der Waals surface area contributed by atoms with Gasteiger partial charge in [-0.2, -0.15) is 0 Å². The van der Waals surface area contributed by atoms with E-state index in [1.807, 2.05) is 6.92 Å². The van der Waals surface area contributed by atoms with Gasteiger partial charge in [0.2, 0.25) is 5.91 Å². The van der Waals surface area contributed by atoms with Crippen molar-refractivity contribution >= 4 is 5.91 Å². The van der Waals surface area contributed by atoms with Crippen molar-refractivity contribution in [3.8, 4) is 0 Å². The Hall–Kier alpha value is -1.46. The van der Waals surface area contributed by atoms with Crippen molar-refractivity contribution in [3.63, 3.8) is 0 Å². The monoisotopic (exact) mass is 293 g/mol. The molecule has 1 heterocycles. The van der Waals surface area contributed by atoms with Gasteiger partial charge in [-0.05, 0) is 49.9 Å². The average molecular weight is 293 g/mol. The highest BCUT2D eigenvalue weighted by Crippen LogP contribution is 2.17. The molecule has 0 aromatic heterocycles. The lowest BCUT2D eigenvalue weighted by Crippen LogP contribution is -2.38. The van der Waals surface area contributed by atoms with Crippen LogP contribution in [-0.4, -0.2) is 43.0 Å². The maximum absolute atomic E-state index is 12.8. The number of halogens is 1. The molecule has 5 heteroatoms. The predicted molar refractivity (Wildman–Crippen MR) is 81.3 cm³/mol. The maximum Gasteiger partial charge on any atom is 0.234 e. The Bertz CT molecular complexity index is 461. The number of hydrogen-bond acceptors (Lipinski definition) is 3. The van der Waals surface area contributed by atoms with Crippen molar-refractivity contribution in [3.05, 3.63) is 35.6 Å². The summed E-state index contributed by atoms with van der Waals surface area (Å²) in [5.41, 5.74) is 6.92. The van der Waals surface area contributed by atoms with Crippen LogP contribution in [0.4, 0.5) is 4.39 Å². The third-order valence-corrected chi connectivity index (χ3v) is 4.07. The van der Waals surface area contributed by atoms with Crippen molar-refractivity contribution in [1.29, 1.82) is 0 Å². The second kappa shape index (κ2) is 7.52. The summed E-state index contributed by atoms with van der Waals surface area (Å²) in [6.45, 7) is 4.89. The van der Waals surface area contributed by atoms with Crippen LogP contribution in [0, 0.1) is 11.7 Å². The molecule has 1 fully saturated rings. The summed E-state index contributed by atoms with van der Waals surface area (Å²) in [7, 11) is 0. The predicted octanol–water partition coefficient (Wildman–Crippen LogP) is 1.15. The van der Waals surface area contributed by atoms with Gasteiger partial charge >= 0.3 is 0 Å². The molecule has 1 aliphatic heterocycles. The highest BCUT2D eigenvalue weighted by molar-refractivity contribution is 5.78. The van der Waals surface area contributed by atoms with Crippen LogP contribution in [0.3, 0.4) is 0 Å². The van der Waals surface area contributed by atoms with Gasteiger partial charge in [0.25, 0.3) is 0 Å². The van der Waals surface area contributed by atoms with E-state index in [1.165, 1.54) is 12.1 Å². The molecule has 0 aliphatic carbocycles. The molecule has 2 unspecified atom stereocenters. The largest absolute Gasteiger partial charge is 0.355 e. The Morgan fingerprint density at radius 3 is 2.81 bits per heavy atom. The molecule has 0 spiro atoms. The minimum Gasteiger partial charge on any atom is -0.355 e. The lowest BCUT2D eigenvalue weighted by atomic mass is 10.0. The Kier molecular flexibility index (Phi) is 5.70. The van der Waals surface area contributed by atoms with Crippen molar-refractivity contribution in [1.82, 2.24) is 10.2 Å². The van der Waals surface area contributed by atoms with Crippen molar-refractivity contribution in [2.24, 2.45) is 11.7 Å². The molecule has 1 aromatic rings. The number of likely N-dealkylation sites (tertiary alicyclic amines) is 1. The normalized spacial score (nSPS) is 20.4. The fraction of sp³-hybridized carbons (Fsp3) is 0.562. The molecule has 2 rings (SSSR count). The number of amides is 1. The molecule has 1 aromatic carbocycles. The van der Waals surface area contributed by atoms with E-state index in [0.29, 0.717) is 25.4 Å². The van der Waals surface area contributed by atoms with Crippen LogP contribution < -0.4 is 11.1 Å². The number of nitrogens with zero attached hydrogens (tertiary/aromatic N) is 1. The summed E-state index contributed by atoms with van der Waals surface area (Å²) in [6, 6.07) is 6.56. The van der Waals surface area contributed by atoms with Crippen LogP contribution in [0.25, 0.3) is 0 Å². The number of carbonyl (C=O) groups is 1. The molecule has 3 N–H and O–H groups in total. The Morgan fingerprint density at radius 2 is 2.19 bits per heavy atom. The van der Waals surface area contributed by atoms with Gasteiger partial charge in [0.15, 0.2) is 0 Å². The number of carbonyl (C=O) groups excluding carboxylic acids is 1. The molecule has 0 saturated carbocycles. The number of benzene rings is 1. The smallest absolute Gasteiger partial charge is 0.234 e. The van der Waals surface area contributed by atoms with E-state index in [1.54, 1.807) is 12.1 Å². The van der Waals surface area contributed by atoms with Crippen LogP contribution >= 0.6 is 0 Å². The summed E-state index contributed by atoms with van der Waals surface area (Å²) in [5.74, 6) is 0.306. The van der Waals surface area contributed by atoms with Crippen LogP contribution in [0.5, 0.6) is 0 Å². The zero-order valence-corrected chi connectivity index (χ0v) is 12.5.